The van der Waals surface area contributed by atoms with Gasteiger partial charge in [0, 0.05) is 5.69 Å². The predicted octanol–water partition coefficient (Wildman–Crippen LogP) is 4.48. The lowest BCUT2D eigenvalue weighted by Crippen LogP contribution is -2.22. The number of carbonyl (C=O) groups is 1. The van der Waals surface area contributed by atoms with Crippen LogP contribution in [0.2, 0.25) is 0 Å². The van der Waals surface area contributed by atoms with Gasteiger partial charge >= 0.3 is 0 Å². The maximum absolute atomic E-state index is 12.6. The van der Waals surface area contributed by atoms with Crippen molar-refractivity contribution in [3.05, 3.63) is 46.6 Å². The standard InChI is InChI=1S/C20H18N4OS2/c1-11-6-7-16-17(8-11)27-20(23-16)24-18(25)12(2)26-19-14(10-21)9-13-4-3-5-15(13)22-19/h6-9,12H,3-5H2,1-2H3,(H,23,24,25). The molecule has 0 bridgehead atoms. The Balaban J connectivity index is 1.50. The van der Waals surface area contributed by atoms with Gasteiger partial charge in [-0.05, 0) is 62.4 Å². The number of pyridine rings is 1. The molecule has 0 saturated carbocycles. The molecule has 7 heteroatoms. The summed E-state index contributed by atoms with van der Waals surface area (Å²) in [5, 5.41) is 13.2. The first-order valence-electron chi connectivity index (χ1n) is 8.81. The van der Waals surface area contributed by atoms with Crippen molar-refractivity contribution < 1.29 is 4.79 Å². The zero-order valence-corrected chi connectivity index (χ0v) is 16.7. The Morgan fingerprint density at radius 3 is 3.00 bits per heavy atom. The monoisotopic (exact) mass is 394 g/mol. The van der Waals surface area contributed by atoms with E-state index in [1.54, 1.807) is 0 Å². The van der Waals surface area contributed by atoms with Gasteiger partial charge in [-0.15, -0.1) is 0 Å². The van der Waals surface area contributed by atoms with Crippen LogP contribution in [0.15, 0.2) is 29.3 Å². The number of aromatic nitrogens is 2. The first-order valence-corrected chi connectivity index (χ1v) is 10.5. The van der Waals surface area contributed by atoms with Gasteiger partial charge in [-0.25, -0.2) is 9.97 Å². The fraction of sp³-hybridized carbons (Fsp3) is 0.300. The van der Waals surface area contributed by atoms with E-state index in [2.05, 4.69) is 27.4 Å². The average Bonchev–Trinajstić information content (AvgIpc) is 3.25. The summed E-state index contributed by atoms with van der Waals surface area (Å²) in [5.41, 5.74) is 4.83. The zero-order chi connectivity index (χ0) is 19.0. The van der Waals surface area contributed by atoms with Crippen molar-refractivity contribution in [2.45, 2.75) is 43.4 Å². The molecule has 0 saturated heterocycles. The fourth-order valence-electron chi connectivity index (χ4n) is 3.14. The van der Waals surface area contributed by atoms with E-state index in [0.717, 1.165) is 40.7 Å². The van der Waals surface area contributed by atoms with Gasteiger partial charge in [-0.1, -0.05) is 29.2 Å². The van der Waals surface area contributed by atoms with Crippen LogP contribution in [0.25, 0.3) is 10.2 Å². The van der Waals surface area contributed by atoms with Crippen LogP contribution in [-0.2, 0) is 17.6 Å². The molecule has 1 atom stereocenters. The molecule has 2 aromatic heterocycles. The summed E-state index contributed by atoms with van der Waals surface area (Å²) in [6, 6.07) is 10.2. The van der Waals surface area contributed by atoms with Crippen molar-refractivity contribution in [2.24, 2.45) is 0 Å². The lowest BCUT2D eigenvalue weighted by Gasteiger charge is -2.12. The molecule has 1 aliphatic carbocycles. The predicted molar refractivity (Wildman–Crippen MR) is 109 cm³/mol. The largest absolute Gasteiger partial charge is 0.301 e. The third-order valence-corrected chi connectivity index (χ3v) is 6.60. The molecule has 4 rings (SSSR count). The van der Waals surface area contributed by atoms with Gasteiger partial charge in [0.15, 0.2) is 5.13 Å². The first kappa shape index (κ1) is 18.0. The topological polar surface area (TPSA) is 78.7 Å². The van der Waals surface area contributed by atoms with Crippen LogP contribution >= 0.6 is 23.1 Å². The van der Waals surface area contributed by atoms with Gasteiger partial charge in [0.1, 0.15) is 11.1 Å². The highest BCUT2D eigenvalue weighted by molar-refractivity contribution is 8.00. The lowest BCUT2D eigenvalue weighted by atomic mass is 10.2. The molecule has 1 aliphatic rings. The van der Waals surface area contributed by atoms with Gasteiger partial charge in [0.2, 0.25) is 5.91 Å². The number of aryl methyl sites for hydroxylation is 3. The average molecular weight is 395 g/mol. The molecule has 5 nitrogen and oxygen atoms in total. The Kier molecular flexibility index (Phi) is 4.85. The summed E-state index contributed by atoms with van der Waals surface area (Å²) in [5.74, 6) is -0.137. The minimum atomic E-state index is -0.377. The maximum Gasteiger partial charge on any atom is 0.239 e. The third-order valence-electron chi connectivity index (χ3n) is 4.57. The molecule has 136 valence electrons. The lowest BCUT2D eigenvalue weighted by molar-refractivity contribution is -0.115. The van der Waals surface area contributed by atoms with Gasteiger partial charge in [-0.2, -0.15) is 5.26 Å². The van der Waals surface area contributed by atoms with E-state index in [-0.39, 0.29) is 11.2 Å². The number of amides is 1. The number of hydrogen-bond acceptors (Lipinski definition) is 6. The summed E-state index contributed by atoms with van der Waals surface area (Å²) in [6.45, 7) is 3.86. The molecule has 1 aromatic carbocycles. The van der Waals surface area contributed by atoms with E-state index in [4.69, 9.17) is 0 Å². The van der Waals surface area contributed by atoms with Crippen LogP contribution in [-0.4, -0.2) is 21.1 Å². The highest BCUT2D eigenvalue weighted by Crippen LogP contribution is 2.31. The molecule has 0 spiro atoms. The van der Waals surface area contributed by atoms with Crippen LogP contribution in [0.5, 0.6) is 0 Å². The number of carbonyl (C=O) groups excluding carboxylic acids is 1. The summed E-state index contributed by atoms with van der Waals surface area (Å²) >= 11 is 2.80. The maximum atomic E-state index is 12.6. The molecule has 1 amide bonds. The van der Waals surface area contributed by atoms with Crippen molar-refractivity contribution in [2.75, 3.05) is 5.32 Å². The van der Waals surface area contributed by atoms with Crippen LogP contribution in [0.3, 0.4) is 0 Å². The number of nitrogens with one attached hydrogen (secondary N) is 1. The van der Waals surface area contributed by atoms with Crippen molar-refractivity contribution in [1.82, 2.24) is 9.97 Å². The summed E-state index contributed by atoms with van der Waals surface area (Å²) in [4.78, 5) is 21.7. The molecule has 0 fully saturated rings. The molecular weight excluding hydrogens is 376 g/mol. The molecular formula is C20H18N4OS2. The number of thioether (sulfide) groups is 1. The first-order chi connectivity index (χ1) is 13.0. The molecule has 0 radical (unpaired) electrons. The minimum absolute atomic E-state index is 0.137. The highest BCUT2D eigenvalue weighted by Gasteiger charge is 2.22. The molecule has 1 unspecified atom stereocenters. The number of nitrogens with zero attached hydrogens (tertiary/aromatic N) is 3. The van der Waals surface area contributed by atoms with Crippen LogP contribution in [0, 0.1) is 18.3 Å². The SMILES string of the molecule is Cc1ccc2nc(NC(=O)C(C)Sc3nc4c(cc3C#N)CCC4)sc2c1. The van der Waals surface area contributed by atoms with Gasteiger partial charge < -0.3 is 5.32 Å². The Morgan fingerprint density at radius 1 is 1.33 bits per heavy atom. The second-order valence-electron chi connectivity index (χ2n) is 6.65. The number of thiazole rings is 1. The highest BCUT2D eigenvalue weighted by atomic mass is 32.2. The second-order valence-corrected chi connectivity index (χ2v) is 9.01. The van der Waals surface area contributed by atoms with Crippen molar-refractivity contribution >= 4 is 44.4 Å². The number of hydrogen-bond donors (Lipinski definition) is 1. The van der Waals surface area contributed by atoms with E-state index in [1.165, 1.54) is 28.7 Å². The van der Waals surface area contributed by atoms with Crippen LogP contribution < -0.4 is 5.32 Å². The fourth-order valence-corrected chi connectivity index (χ4v) is 5.00. The zero-order valence-electron chi connectivity index (χ0n) is 15.1. The minimum Gasteiger partial charge on any atom is -0.301 e. The number of anilines is 1. The molecule has 1 N–H and O–H groups in total. The van der Waals surface area contributed by atoms with Crippen LogP contribution in [0.1, 0.15) is 35.7 Å². The van der Waals surface area contributed by atoms with Gasteiger partial charge in [-0.3, -0.25) is 4.79 Å². The van der Waals surface area contributed by atoms with Crippen molar-refractivity contribution in [1.29, 1.82) is 5.26 Å². The summed E-state index contributed by atoms with van der Waals surface area (Å²) < 4.78 is 1.05. The van der Waals surface area contributed by atoms with Crippen molar-refractivity contribution in [3.8, 4) is 6.07 Å². The van der Waals surface area contributed by atoms with Crippen molar-refractivity contribution in [3.63, 3.8) is 0 Å². The van der Waals surface area contributed by atoms with E-state index >= 15 is 0 Å². The van der Waals surface area contributed by atoms with E-state index in [1.807, 2.05) is 32.0 Å². The second kappa shape index (κ2) is 7.29. The number of rotatable bonds is 4. The Morgan fingerprint density at radius 2 is 2.19 bits per heavy atom. The Bertz CT molecular complexity index is 1080. The van der Waals surface area contributed by atoms with E-state index < -0.39 is 0 Å². The molecule has 3 aromatic rings. The third kappa shape index (κ3) is 3.68. The molecule has 27 heavy (non-hydrogen) atoms. The van der Waals surface area contributed by atoms with Gasteiger partial charge in [0.05, 0.1) is 21.0 Å². The summed E-state index contributed by atoms with van der Waals surface area (Å²) in [7, 11) is 0. The Hall–Kier alpha value is -2.43. The van der Waals surface area contributed by atoms with Crippen LogP contribution in [0.4, 0.5) is 5.13 Å². The summed E-state index contributed by atoms with van der Waals surface area (Å²) in [6.07, 6.45) is 3.00. The van der Waals surface area contributed by atoms with E-state index in [9.17, 15) is 10.1 Å². The van der Waals surface area contributed by atoms with E-state index in [0.29, 0.717) is 15.7 Å². The number of fused-ring (bicyclic) bond motifs is 2. The number of nitriles is 1. The quantitative estimate of drug-likeness (QED) is 0.660. The molecule has 0 aliphatic heterocycles. The Labute approximate surface area is 165 Å². The molecule has 2 heterocycles. The van der Waals surface area contributed by atoms with Gasteiger partial charge in [0.25, 0.3) is 0 Å². The smallest absolute Gasteiger partial charge is 0.239 e. The number of benzene rings is 1. The normalized spacial score (nSPS) is 14.0.